The smallest absolute Gasteiger partial charge is 0.409 e. The average Bonchev–Trinajstić information content (AvgIpc) is 2.57. The quantitative estimate of drug-likeness (QED) is 0.885. The number of nitrogens with zero attached hydrogens (tertiary/aromatic N) is 2. The molecule has 0 atom stereocenters. The Balaban J connectivity index is 1.71. The van der Waals surface area contributed by atoms with Crippen molar-refractivity contribution >= 4 is 12.0 Å². The summed E-state index contributed by atoms with van der Waals surface area (Å²) in [4.78, 5) is 27.0. The van der Waals surface area contributed by atoms with E-state index in [1.165, 1.54) is 6.07 Å². The fourth-order valence-corrected chi connectivity index (χ4v) is 2.41. The van der Waals surface area contributed by atoms with Crippen molar-refractivity contribution in [3.63, 3.8) is 0 Å². The number of rotatable bonds is 5. The molecule has 1 fully saturated rings. The van der Waals surface area contributed by atoms with E-state index >= 15 is 0 Å². The monoisotopic (exact) mass is 323 g/mol. The molecule has 1 aliphatic heterocycles. The van der Waals surface area contributed by atoms with Gasteiger partial charge in [-0.2, -0.15) is 0 Å². The van der Waals surface area contributed by atoms with Crippen molar-refractivity contribution in [1.82, 2.24) is 15.1 Å². The molecule has 0 saturated carbocycles. The molecular weight excluding hydrogens is 301 g/mol. The minimum atomic E-state index is -0.336. The van der Waals surface area contributed by atoms with Crippen molar-refractivity contribution in [2.45, 2.75) is 13.5 Å². The number of hydrogen-bond acceptors (Lipinski definition) is 4. The first-order valence-electron chi connectivity index (χ1n) is 7.75. The molecule has 1 aromatic carbocycles. The number of piperazine rings is 1. The van der Waals surface area contributed by atoms with E-state index in [1.54, 1.807) is 34.9 Å². The lowest BCUT2D eigenvalue weighted by Crippen LogP contribution is -2.52. The molecule has 126 valence electrons. The van der Waals surface area contributed by atoms with E-state index in [9.17, 15) is 14.0 Å². The van der Waals surface area contributed by atoms with E-state index in [2.05, 4.69) is 5.32 Å². The first kappa shape index (κ1) is 17.2. The van der Waals surface area contributed by atoms with Crippen LogP contribution >= 0.6 is 0 Å². The molecule has 7 heteroatoms. The standard InChI is InChI=1S/C16H22FN3O3/c1-2-23-16(22)20-9-7-19(8-10-20)15(21)12-18-11-13-5-3-4-6-14(13)17/h3-6,18H,2,7-12H2,1H3. The van der Waals surface area contributed by atoms with Gasteiger partial charge in [-0.15, -0.1) is 0 Å². The largest absolute Gasteiger partial charge is 0.450 e. The maximum absolute atomic E-state index is 13.5. The molecule has 0 spiro atoms. The summed E-state index contributed by atoms with van der Waals surface area (Å²) in [6.45, 7) is 4.47. The van der Waals surface area contributed by atoms with Crippen molar-refractivity contribution in [3.05, 3.63) is 35.6 Å². The number of hydrogen-bond donors (Lipinski definition) is 1. The number of halogens is 1. The fourth-order valence-electron chi connectivity index (χ4n) is 2.41. The van der Waals surface area contributed by atoms with Gasteiger partial charge in [-0.3, -0.25) is 4.79 Å². The van der Waals surface area contributed by atoms with Gasteiger partial charge in [0.1, 0.15) is 5.82 Å². The molecule has 0 radical (unpaired) electrons. The second-order valence-corrected chi connectivity index (χ2v) is 5.26. The molecule has 2 rings (SSSR count). The van der Waals surface area contributed by atoms with Gasteiger partial charge in [0.25, 0.3) is 0 Å². The van der Waals surface area contributed by atoms with E-state index < -0.39 is 0 Å². The van der Waals surface area contributed by atoms with Crippen LogP contribution in [-0.2, 0) is 16.1 Å². The maximum atomic E-state index is 13.5. The van der Waals surface area contributed by atoms with Gasteiger partial charge in [0.05, 0.1) is 13.2 Å². The van der Waals surface area contributed by atoms with Crippen LogP contribution in [0.15, 0.2) is 24.3 Å². The molecule has 1 N–H and O–H groups in total. The number of carbonyl (C=O) groups excluding carboxylic acids is 2. The Morgan fingerprint density at radius 2 is 1.83 bits per heavy atom. The van der Waals surface area contributed by atoms with Crippen LogP contribution < -0.4 is 5.32 Å². The second-order valence-electron chi connectivity index (χ2n) is 5.26. The molecular formula is C16H22FN3O3. The molecule has 2 amide bonds. The highest BCUT2D eigenvalue weighted by Gasteiger charge is 2.24. The van der Waals surface area contributed by atoms with Gasteiger partial charge in [0.15, 0.2) is 0 Å². The number of carbonyl (C=O) groups is 2. The Morgan fingerprint density at radius 3 is 2.48 bits per heavy atom. The first-order valence-corrected chi connectivity index (χ1v) is 7.75. The van der Waals surface area contributed by atoms with Gasteiger partial charge < -0.3 is 19.9 Å². The highest BCUT2D eigenvalue weighted by atomic mass is 19.1. The van der Waals surface area contributed by atoms with Gasteiger partial charge in [0, 0.05) is 38.3 Å². The van der Waals surface area contributed by atoms with Crippen LogP contribution in [0, 0.1) is 5.82 Å². The summed E-state index contributed by atoms with van der Waals surface area (Å²) in [5.41, 5.74) is 0.535. The van der Waals surface area contributed by atoms with E-state index in [4.69, 9.17) is 4.74 Å². The molecule has 0 unspecified atom stereocenters. The lowest BCUT2D eigenvalue weighted by Gasteiger charge is -2.34. The topological polar surface area (TPSA) is 61.9 Å². The van der Waals surface area contributed by atoms with Crippen molar-refractivity contribution in [2.24, 2.45) is 0 Å². The van der Waals surface area contributed by atoms with Crippen LogP contribution in [-0.4, -0.2) is 61.1 Å². The van der Waals surface area contributed by atoms with Crippen LogP contribution in [0.1, 0.15) is 12.5 Å². The predicted octanol–water partition coefficient (Wildman–Crippen LogP) is 1.22. The van der Waals surface area contributed by atoms with Crippen LogP contribution in [0.25, 0.3) is 0 Å². The lowest BCUT2D eigenvalue weighted by molar-refractivity contribution is -0.131. The number of amides is 2. The van der Waals surface area contributed by atoms with Crippen LogP contribution in [0.4, 0.5) is 9.18 Å². The highest BCUT2D eigenvalue weighted by Crippen LogP contribution is 2.06. The van der Waals surface area contributed by atoms with Crippen molar-refractivity contribution in [3.8, 4) is 0 Å². The van der Waals surface area contributed by atoms with Gasteiger partial charge in [-0.1, -0.05) is 18.2 Å². The summed E-state index contributed by atoms with van der Waals surface area (Å²) in [5.74, 6) is -0.333. The Labute approximate surface area is 135 Å². The van der Waals surface area contributed by atoms with Crippen molar-refractivity contribution in [2.75, 3.05) is 39.3 Å². The number of nitrogens with one attached hydrogen (secondary N) is 1. The summed E-state index contributed by atoms with van der Waals surface area (Å²) < 4.78 is 18.4. The fraction of sp³-hybridized carbons (Fsp3) is 0.500. The summed E-state index contributed by atoms with van der Waals surface area (Å²) in [7, 11) is 0. The molecule has 0 bridgehead atoms. The zero-order valence-electron chi connectivity index (χ0n) is 13.3. The zero-order chi connectivity index (χ0) is 16.7. The third kappa shape index (κ3) is 4.92. The second kappa shape index (κ2) is 8.47. The summed E-state index contributed by atoms with van der Waals surface area (Å²) >= 11 is 0. The van der Waals surface area contributed by atoms with Crippen LogP contribution in [0.3, 0.4) is 0 Å². The normalized spacial score (nSPS) is 14.7. The molecule has 1 aromatic rings. The van der Waals surface area contributed by atoms with Gasteiger partial charge in [-0.05, 0) is 13.0 Å². The molecule has 23 heavy (non-hydrogen) atoms. The Hall–Kier alpha value is -2.15. The molecule has 0 aliphatic carbocycles. The van der Waals surface area contributed by atoms with E-state index in [1.807, 2.05) is 0 Å². The van der Waals surface area contributed by atoms with Crippen LogP contribution in [0.2, 0.25) is 0 Å². The number of benzene rings is 1. The molecule has 1 heterocycles. The minimum absolute atomic E-state index is 0.0511. The summed E-state index contributed by atoms with van der Waals surface area (Å²) in [5, 5.41) is 2.96. The van der Waals surface area contributed by atoms with E-state index in [0.29, 0.717) is 44.9 Å². The predicted molar refractivity (Wildman–Crippen MR) is 83.3 cm³/mol. The first-order chi connectivity index (χ1) is 11.1. The highest BCUT2D eigenvalue weighted by molar-refractivity contribution is 5.78. The summed E-state index contributed by atoms with van der Waals surface area (Å²) in [6, 6.07) is 6.47. The average molecular weight is 323 g/mol. The Bertz CT molecular complexity index is 545. The zero-order valence-corrected chi connectivity index (χ0v) is 13.3. The SMILES string of the molecule is CCOC(=O)N1CCN(C(=O)CNCc2ccccc2F)CC1. The molecule has 0 aromatic heterocycles. The van der Waals surface area contributed by atoms with E-state index in [-0.39, 0.29) is 24.4 Å². The maximum Gasteiger partial charge on any atom is 0.409 e. The van der Waals surface area contributed by atoms with Crippen LogP contribution in [0.5, 0.6) is 0 Å². The third-order valence-electron chi connectivity index (χ3n) is 3.71. The summed E-state index contributed by atoms with van der Waals surface area (Å²) in [6.07, 6.45) is -0.336. The van der Waals surface area contributed by atoms with Gasteiger partial charge >= 0.3 is 6.09 Å². The molecule has 6 nitrogen and oxygen atoms in total. The molecule has 1 saturated heterocycles. The Morgan fingerprint density at radius 1 is 1.17 bits per heavy atom. The Kier molecular flexibility index (Phi) is 6.34. The van der Waals surface area contributed by atoms with Gasteiger partial charge in [-0.25, -0.2) is 9.18 Å². The van der Waals surface area contributed by atoms with Crippen molar-refractivity contribution in [1.29, 1.82) is 0 Å². The van der Waals surface area contributed by atoms with E-state index in [0.717, 1.165) is 0 Å². The minimum Gasteiger partial charge on any atom is -0.450 e. The number of ether oxygens (including phenoxy) is 1. The lowest BCUT2D eigenvalue weighted by atomic mass is 10.2. The third-order valence-corrected chi connectivity index (χ3v) is 3.71. The van der Waals surface area contributed by atoms with Gasteiger partial charge in [0.2, 0.25) is 5.91 Å². The van der Waals surface area contributed by atoms with Crippen molar-refractivity contribution < 1.29 is 18.7 Å². The molecule has 1 aliphatic rings.